The zero-order valence-corrected chi connectivity index (χ0v) is 16.0. The van der Waals surface area contributed by atoms with Gasteiger partial charge in [0.05, 0.1) is 11.9 Å². The lowest BCUT2D eigenvalue weighted by molar-refractivity contribution is -0.112. The van der Waals surface area contributed by atoms with Gasteiger partial charge in [0.25, 0.3) is 0 Å². The molecule has 5 heteroatoms. The second-order valence-corrected chi connectivity index (χ2v) is 7.85. The Hall–Kier alpha value is -3.34. The van der Waals surface area contributed by atoms with Crippen LogP contribution in [-0.4, -0.2) is 27.3 Å². The first-order valence-corrected chi connectivity index (χ1v) is 9.99. The van der Waals surface area contributed by atoms with Crippen molar-refractivity contribution in [2.45, 2.75) is 32.2 Å². The molecule has 0 radical (unpaired) electrons. The normalized spacial score (nSPS) is 17.7. The number of carbonyl (C=O) groups is 2. The van der Waals surface area contributed by atoms with Gasteiger partial charge in [0.15, 0.2) is 11.6 Å². The standard InChI is InChI=1S/C24H21N3O2/c28-21-14-20-13-18(4-5-22(20)26-15-21)17-2-1-3-19(12-17)23(29)10-16-6-8-27-9-7-25-24(27)11-16/h1-5,7,9,12-13,15-16H,6,8,10-11,14H2. The average Bonchev–Trinajstić information content (AvgIpc) is 3.21. The van der Waals surface area contributed by atoms with Gasteiger partial charge in [-0.2, -0.15) is 0 Å². The van der Waals surface area contributed by atoms with Crippen LogP contribution in [0.3, 0.4) is 0 Å². The van der Waals surface area contributed by atoms with Crippen LogP contribution in [0.5, 0.6) is 0 Å². The summed E-state index contributed by atoms with van der Waals surface area (Å²) in [6, 6.07) is 13.7. The van der Waals surface area contributed by atoms with Gasteiger partial charge in [0.1, 0.15) is 5.82 Å². The minimum atomic E-state index is 0.0201. The second-order valence-electron chi connectivity index (χ2n) is 7.85. The van der Waals surface area contributed by atoms with Crippen LogP contribution >= 0.6 is 0 Å². The molecular formula is C24H21N3O2. The predicted molar refractivity (Wildman–Crippen MR) is 112 cm³/mol. The topological polar surface area (TPSA) is 64.3 Å². The van der Waals surface area contributed by atoms with Crippen molar-refractivity contribution >= 4 is 23.5 Å². The highest BCUT2D eigenvalue weighted by atomic mass is 16.1. The van der Waals surface area contributed by atoms with Crippen molar-refractivity contribution in [3.8, 4) is 11.1 Å². The number of rotatable bonds is 4. The van der Waals surface area contributed by atoms with Crippen LogP contribution in [0, 0.1) is 5.92 Å². The predicted octanol–water partition coefficient (Wildman–Crippen LogP) is 4.21. The Morgan fingerprint density at radius 3 is 2.97 bits per heavy atom. The average molecular weight is 383 g/mol. The van der Waals surface area contributed by atoms with Crippen LogP contribution in [0.25, 0.3) is 11.1 Å². The minimum Gasteiger partial charge on any atom is -0.335 e. The molecule has 29 heavy (non-hydrogen) atoms. The van der Waals surface area contributed by atoms with E-state index in [1.54, 1.807) is 0 Å². The lowest BCUT2D eigenvalue weighted by Gasteiger charge is -2.22. The summed E-state index contributed by atoms with van der Waals surface area (Å²) in [7, 11) is 0. The van der Waals surface area contributed by atoms with Gasteiger partial charge in [0, 0.05) is 43.8 Å². The number of nitrogens with zero attached hydrogens (tertiary/aromatic N) is 3. The lowest BCUT2D eigenvalue weighted by Crippen LogP contribution is -2.21. The quantitative estimate of drug-likeness (QED) is 0.634. The number of hydrogen-bond donors (Lipinski definition) is 0. The van der Waals surface area contributed by atoms with Gasteiger partial charge in [-0.25, -0.2) is 4.98 Å². The first-order chi connectivity index (χ1) is 14.2. The number of aliphatic imine (C=N–C) groups is 1. The van der Waals surface area contributed by atoms with E-state index in [1.807, 2.05) is 54.9 Å². The van der Waals surface area contributed by atoms with Crippen LogP contribution in [0.15, 0.2) is 59.9 Å². The van der Waals surface area contributed by atoms with Gasteiger partial charge in [-0.05, 0) is 47.2 Å². The molecule has 0 N–H and O–H groups in total. The Bertz CT molecular complexity index is 1140. The van der Waals surface area contributed by atoms with Crippen LogP contribution in [0.1, 0.15) is 34.6 Å². The lowest BCUT2D eigenvalue weighted by atomic mass is 9.89. The summed E-state index contributed by atoms with van der Waals surface area (Å²) < 4.78 is 2.17. The van der Waals surface area contributed by atoms with Crippen LogP contribution < -0.4 is 0 Å². The van der Waals surface area contributed by atoms with Gasteiger partial charge in [-0.3, -0.25) is 14.6 Å². The van der Waals surface area contributed by atoms with Crippen LogP contribution in [-0.2, 0) is 24.2 Å². The Kier molecular flexibility index (Phi) is 4.43. The fraction of sp³-hybridized carbons (Fsp3) is 0.250. The van der Waals surface area contributed by atoms with E-state index >= 15 is 0 Å². The van der Waals surface area contributed by atoms with Crippen molar-refractivity contribution in [2.24, 2.45) is 10.9 Å². The molecule has 5 nitrogen and oxygen atoms in total. The van der Waals surface area contributed by atoms with Gasteiger partial charge in [0.2, 0.25) is 0 Å². The molecule has 0 spiro atoms. The molecule has 1 unspecified atom stereocenters. The largest absolute Gasteiger partial charge is 0.335 e. The number of fused-ring (bicyclic) bond motifs is 2. The molecule has 1 atom stereocenters. The fourth-order valence-corrected chi connectivity index (χ4v) is 4.25. The molecule has 0 bridgehead atoms. The van der Waals surface area contributed by atoms with E-state index in [1.165, 1.54) is 6.21 Å². The number of carbonyl (C=O) groups excluding carboxylic acids is 2. The summed E-state index contributed by atoms with van der Waals surface area (Å²) in [5.41, 5.74) is 4.51. The summed E-state index contributed by atoms with van der Waals surface area (Å²) in [6.45, 7) is 0.934. The van der Waals surface area contributed by atoms with E-state index < -0.39 is 0 Å². The van der Waals surface area contributed by atoms with Crippen LogP contribution in [0.4, 0.5) is 5.69 Å². The number of Topliss-reactive ketones (excluding diaryl/α,β-unsaturated/α-hetero) is 2. The number of hydrogen-bond acceptors (Lipinski definition) is 4. The van der Waals surface area contributed by atoms with E-state index in [4.69, 9.17) is 0 Å². The number of benzene rings is 2. The molecule has 0 saturated heterocycles. The van der Waals surface area contributed by atoms with Crippen molar-refractivity contribution in [1.82, 2.24) is 9.55 Å². The summed E-state index contributed by atoms with van der Waals surface area (Å²) in [5, 5.41) is 0. The molecule has 144 valence electrons. The maximum Gasteiger partial charge on any atom is 0.178 e. The third-order valence-corrected chi connectivity index (χ3v) is 5.83. The van der Waals surface area contributed by atoms with Gasteiger partial charge in [-0.1, -0.05) is 24.3 Å². The van der Waals surface area contributed by atoms with E-state index in [-0.39, 0.29) is 11.6 Å². The van der Waals surface area contributed by atoms with Crippen LogP contribution in [0.2, 0.25) is 0 Å². The summed E-state index contributed by atoms with van der Waals surface area (Å²) in [4.78, 5) is 33.2. The number of ketones is 2. The van der Waals surface area contributed by atoms with Gasteiger partial charge in [-0.15, -0.1) is 0 Å². The molecule has 3 heterocycles. The molecule has 0 aliphatic carbocycles. The van der Waals surface area contributed by atoms with Gasteiger partial charge < -0.3 is 4.57 Å². The minimum absolute atomic E-state index is 0.0201. The summed E-state index contributed by atoms with van der Waals surface area (Å²) >= 11 is 0. The smallest absolute Gasteiger partial charge is 0.178 e. The molecule has 2 aromatic carbocycles. The third kappa shape index (κ3) is 3.56. The molecule has 1 aromatic heterocycles. The van der Waals surface area contributed by atoms with E-state index in [9.17, 15) is 9.59 Å². The maximum absolute atomic E-state index is 12.9. The van der Waals surface area contributed by atoms with E-state index in [0.29, 0.717) is 18.8 Å². The fourth-order valence-electron chi connectivity index (χ4n) is 4.25. The monoisotopic (exact) mass is 383 g/mol. The molecule has 0 amide bonds. The Balaban J connectivity index is 1.35. The van der Waals surface area contributed by atoms with Crippen molar-refractivity contribution in [1.29, 1.82) is 0 Å². The first kappa shape index (κ1) is 17.7. The number of aromatic nitrogens is 2. The first-order valence-electron chi connectivity index (χ1n) is 9.99. The molecular weight excluding hydrogens is 362 g/mol. The molecule has 0 fully saturated rings. The van der Waals surface area contributed by atoms with Crippen molar-refractivity contribution < 1.29 is 9.59 Å². The zero-order chi connectivity index (χ0) is 19.8. The number of imidazole rings is 1. The number of aryl methyl sites for hydroxylation is 1. The van der Waals surface area contributed by atoms with Crippen molar-refractivity contribution in [3.05, 3.63) is 71.8 Å². The highest BCUT2D eigenvalue weighted by Crippen LogP contribution is 2.30. The van der Waals surface area contributed by atoms with E-state index in [2.05, 4.69) is 14.5 Å². The third-order valence-electron chi connectivity index (χ3n) is 5.83. The van der Waals surface area contributed by atoms with E-state index in [0.717, 1.165) is 53.2 Å². The maximum atomic E-state index is 12.9. The molecule has 2 aliphatic rings. The molecule has 5 rings (SSSR count). The summed E-state index contributed by atoms with van der Waals surface area (Å²) in [6.07, 6.45) is 8.02. The highest BCUT2D eigenvalue weighted by Gasteiger charge is 2.22. The van der Waals surface area contributed by atoms with Gasteiger partial charge >= 0.3 is 0 Å². The molecule has 3 aromatic rings. The molecule has 2 aliphatic heterocycles. The Morgan fingerprint density at radius 2 is 2.03 bits per heavy atom. The SMILES string of the molecule is O=C1C=Nc2ccc(-c3cccc(C(=O)CC4CCn5ccnc5C4)c3)cc2C1. The summed E-state index contributed by atoms with van der Waals surface area (Å²) in [5.74, 6) is 1.61. The molecule has 0 saturated carbocycles. The Morgan fingerprint density at radius 1 is 1.14 bits per heavy atom. The second kappa shape index (κ2) is 7.24. The Labute approximate surface area is 169 Å². The zero-order valence-electron chi connectivity index (χ0n) is 16.0. The van der Waals surface area contributed by atoms with Crippen molar-refractivity contribution in [3.63, 3.8) is 0 Å². The van der Waals surface area contributed by atoms with Crippen molar-refractivity contribution in [2.75, 3.05) is 0 Å². The highest BCUT2D eigenvalue weighted by molar-refractivity contribution is 6.29.